The van der Waals surface area contributed by atoms with E-state index >= 15 is 0 Å². The molecule has 2 aromatic rings. The standard InChI is InChI=1S/C21H27N3O3/c1-26-19-9-8-18(14-20(19)27-2)16-23-10-12-24(13-11-23)21(25)22-15-17-6-4-3-5-7-17/h3-9,14H,10-13,15-16H2,1-2H3,(H,22,25). The minimum absolute atomic E-state index is 0.00428. The third kappa shape index (κ3) is 5.14. The SMILES string of the molecule is COc1ccc(CN2CCN(C(=O)NCc3ccccc3)CC2)cc1OC. The molecular weight excluding hydrogens is 342 g/mol. The molecule has 0 bridgehead atoms. The highest BCUT2D eigenvalue weighted by Crippen LogP contribution is 2.28. The summed E-state index contributed by atoms with van der Waals surface area (Å²) in [6.07, 6.45) is 0. The number of ether oxygens (including phenoxy) is 2. The van der Waals surface area contributed by atoms with Gasteiger partial charge in [0, 0.05) is 39.3 Å². The monoisotopic (exact) mass is 369 g/mol. The normalized spacial score (nSPS) is 14.7. The van der Waals surface area contributed by atoms with Crippen molar-refractivity contribution in [2.75, 3.05) is 40.4 Å². The molecular formula is C21H27N3O3. The number of nitrogens with one attached hydrogen (secondary N) is 1. The van der Waals surface area contributed by atoms with Crippen molar-refractivity contribution >= 4 is 6.03 Å². The van der Waals surface area contributed by atoms with E-state index in [1.807, 2.05) is 47.4 Å². The lowest BCUT2D eigenvalue weighted by atomic mass is 10.1. The van der Waals surface area contributed by atoms with Crippen molar-refractivity contribution in [2.24, 2.45) is 0 Å². The summed E-state index contributed by atoms with van der Waals surface area (Å²) in [5.41, 5.74) is 2.28. The maximum Gasteiger partial charge on any atom is 0.317 e. The van der Waals surface area contributed by atoms with Gasteiger partial charge in [0.15, 0.2) is 11.5 Å². The van der Waals surface area contributed by atoms with E-state index in [4.69, 9.17) is 9.47 Å². The highest BCUT2D eigenvalue weighted by atomic mass is 16.5. The van der Waals surface area contributed by atoms with Gasteiger partial charge < -0.3 is 19.7 Å². The lowest BCUT2D eigenvalue weighted by Crippen LogP contribution is -2.51. The molecule has 1 saturated heterocycles. The number of carbonyl (C=O) groups is 1. The summed E-state index contributed by atoms with van der Waals surface area (Å²) in [4.78, 5) is 16.6. The molecule has 1 heterocycles. The molecule has 0 unspecified atom stereocenters. The van der Waals surface area contributed by atoms with Gasteiger partial charge in [-0.1, -0.05) is 36.4 Å². The quantitative estimate of drug-likeness (QED) is 0.851. The van der Waals surface area contributed by atoms with E-state index in [9.17, 15) is 4.79 Å². The summed E-state index contributed by atoms with van der Waals surface area (Å²) in [7, 11) is 3.29. The van der Waals surface area contributed by atoms with Crippen LogP contribution in [0.3, 0.4) is 0 Å². The van der Waals surface area contributed by atoms with E-state index in [2.05, 4.69) is 16.3 Å². The van der Waals surface area contributed by atoms with E-state index < -0.39 is 0 Å². The molecule has 0 aliphatic carbocycles. The fourth-order valence-electron chi connectivity index (χ4n) is 3.23. The van der Waals surface area contributed by atoms with Gasteiger partial charge in [-0.05, 0) is 23.3 Å². The van der Waals surface area contributed by atoms with Crippen LogP contribution in [0.25, 0.3) is 0 Å². The van der Waals surface area contributed by atoms with E-state index in [0.29, 0.717) is 6.54 Å². The zero-order chi connectivity index (χ0) is 19.1. The molecule has 6 heteroatoms. The number of benzene rings is 2. The Bertz CT molecular complexity index is 744. The van der Waals surface area contributed by atoms with Crippen LogP contribution in [0.15, 0.2) is 48.5 Å². The van der Waals surface area contributed by atoms with Crippen LogP contribution in [0, 0.1) is 0 Å². The van der Waals surface area contributed by atoms with E-state index in [1.165, 1.54) is 5.56 Å². The Labute approximate surface area is 160 Å². The van der Waals surface area contributed by atoms with Crippen molar-refractivity contribution in [3.8, 4) is 11.5 Å². The lowest BCUT2D eigenvalue weighted by Gasteiger charge is -2.34. The average Bonchev–Trinajstić information content (AvgIpc) is 2.73. The molecule has 27 heavy (non-hydrogen) atoms. The zero-order valence-corrected chi connectivity index (χ0v) is 16.0. The van der Waals surface area contributed by atoms with Crippen LogP contribution in [-0.4, -0.2) is 56.2 Å². The first-order valence-corrected chi connectivity index (χ1v) is 9.19. The van der Waals surface area contributed by atoms with Gasteiger partial charge in [0.2, 0.25) is 0 Å². The molecule has 0 atom stereocenters. The predicted octanol–water partition coefficient (Wildman–Crippen LogP) is 2.73. The number of amides is 2. The van der Waals surface area contributed by atoms with Crippen LogP contribution in [0.1, 0.15) is 11.1 Å². The van der Waals surface area contributed by atoms with Gasteiger partial charge in [-0.3, -0.25) is 4.90 Å². The average molecular weight is 369 g/mol. The van der Waals surface area contributed by atoms with Gasteiger partial charge in [0.25, 0.3) is 0 Å². The number of hydrogen-bond acceptors (Lipinski definition) is 4. The largest absolute Gasteiger partial charge is 0.493 e. The Morgan fingerprint density at radius 2 is 1.63 bits per heavy atom. The number of nitrogens with zero attached hydrogens (tertiary/aromatic N) is 2. The van der Waals surface area contributed by atoms with Crippen LogP contribution in [-0.2, 0) is 13.1 Å². The van der Waals surface area contributed by atoms with Crippen molar-refractivity contribution in [2.45, 2.75) is 13.1 Å². The molecule has 0 radical (unpaired) electrons. The van der Waals surface area contributed by atoms with Crippen LogP contribution < -0.4 is 14.8 Å². The highest BCUT2D eigenvalue weighted by Gasteiger charge is 2.21. The molecule has 144 valence electrons. The third-order valence-electron chi connectivity index (χ3n) is 4.80. The zero-order valence-electron chi connectivity index (χ0n) is 16.0. The molecule has 1 fully saturated rings. The second-order valence-electron chi connectivity index (χ2n) is 6.60. The minimum Gasteiger partial charge on any atom is -0.493 e. The molecule has 3 rings (SSSR count). The first-order chi connectivity index (χ1) is 13.2. The van der Waals surface area contributed by atoms with Gasteiger partial charge in [-0.2, -0.15) is 0 Å². The second-order valence-corrected chi connectivity index (χ2v) is 6.60. The van der Waals surface area contributed by atoms with E-state index in [0.717, 1.165) is 49.8 Å². The Morgan fingerprint density at radius 3 is 2.30 bits per heavy atom. The number of urea groups is 1. The fourth-order valence-corrected chi connectivity index (χ4v) is 3.23. The molecule has 1 aliphatic rings. The minimum atomic E-state index is 0.00428. The van der Waals surface area contributed by atoms with Crippen molar-refractivity contribution in [3.05, 3.63) is 59.7 Å². The van der Waals surface area contributed by atoms with Crippen LogP contribution in [0.4, 0.5) is 4.79 Å². The number of piperazine rings is 1. The Hall–Kier alpha value is -2.73. The van der Waals surface area contributed by atoms with E-state index in [-0.39, 0.29) is 6.03 Å². The Morgan fingerprint density at radius 1 is 0.926 bits per heavy atom. The van der Waals surface area contributed by atoms with E-state index in [1.54, 1.807) is 14.2 Å². The highest BCUT2D eigenvalue weighted by molar-refractivity contribution is 5.74. The molecule has 2 amide bonds. The molecule has 2 aromatic carbocycles. The first kappa shape index (κ1) is 19.0. The maximum atomic E-state index is 12.4. The maximum absolute atomic E-state index is 12.4. The molecule has 0 aromatic heterocycles. The smallest absolute Gasteiger partial charge is 0.317 e. The number of hydrogen-bond donors (Lipinski definition) is 1. The van der Waals surface area contributed by atoms with Crippen molar-refractivity contribution in [3.63, 3.8) is 0 Å². The Balaban J connectivity index is 1.46. The summed E-state index contributed by atoms with van der Waals surface area (Å²) in [5.74, 6) is 1.48. The second kappa shape index (κ2) is 9.28. The number of rotatable bonds is 6. The summed E-state index contributed by atoms with van der Waals surface area (Å²) >= 11 is 0. The lowest BCUT2D eigenvalue weighted by molar-refractivity contribution is 0.135. The van der Waals surface area contributed by atoms with Gasteiger partial charge >= 0.3 is 6.03 Å². The van der Waals surface area contributed by atoms with Gasteiger partial charge in [0.1, 0.15) is 0 Å². The summed E-state index contributed by atoms with van der Waals surface area (Å²) < 4.78 is 10.7. The molecule has 0 spiro atoms. The Kier molecular flexibility index (Phi) is 6.54. The predicted molar refractivity (Wildman–Crippen MR) is 105 cm³/mol. The summed E-state index contributed by atoms with van der Waals surface area (Å²) in [6.45, 7) is 4.56. The topological polar surface area (TPSA) is 54.0 Å². The van der Waals surface area contributed by atoms with Crippen LogP contribution in [0.2, 0.25) is 0 Å². The van der Waals surface area contributed by atoms with Crippen LogP contribution in [0.5, 0.6) is 11.5 Å². The van der Waals surface area contributed by atoms with Gasteiger partial charge in [-0.25, -0.2) is 4.79 Å². The first-order valence-electron chi connectivity index (χ1n) is 9.19. The molecule has 0 saturated carbocycles. The molecule has 1 N–H and O–H groups in total. The molecule has 1 aliphatic heterocycles. The van der Waals surface area contributed by atoms with Crippen molar-refractivity contribution in [1.82, 2.24) is 15.1 Å². The summed E-state index contributed by atoms with van der Waals surface area (Å²) in [6, 6.07) is 16.0. The number of methoxy groups -OCH3 is 2. The van der Waals surface area contributed by atoms with Crippen molar-refractivity contribution < 1.29 is 14.3 Å². The third-order valence-corrected chi connectivity index (χ3v) is 4.80. The molecule has 6 nitrogen and oxygen atoms in total. The number of carbonyl (C=O) groups excluding carboxylic acids is 1. The van der Waals surface area contributed by atoms with Gasteiger partial charge in [0.05, 0.1) is 14.2 Å². The summed E-state index contributed by atoms with van der Waals surface area (Å²) in [5, 5.41) is 3.00. The fraction of sp³-hybridized carbons (Fsp3) is 0.381. The van der Waals surface area contributed by atoms with Gasteiger partial charge in [-0.15, -0.1) is 0 Å². The van der Waals surface area contributed by atoms with Crippen molar-refractivity contribution in [1.29, 1.82) is 0 Å². The van der Waals surface area contributed by atoms with Crippen LogP contribution >= 0.6 is 0 Å².